The maximum Gasteiger partial charge on any atom is 0.265 e. The standard InChI is InChI=1S/C13H25N5OS/c1-4-15-8-7-9-16-12(19)10-11(14)17-13(20-10)18(5-2)6-3/h15H,4-9,14H2,1-3H3,(H,16,19). The Labute approximate surface area is 124 Å². The molecule has 1 rings (SSSR count). The van der Waals surface area contributed by atoms with E-state index in [4.69, 9.17) is 5.73 Å². The Hall–Kier alpha value is -1.34. The zero-order chi connectivity index (χ0) is 15.0. The lowest BCUT2D eigenvalue weighted by molar-refractivity contribution is 0.0958. The Kier molecular flexibility index (Phi) is 7.32. The van der Waals surface area contributed by atoms with Gasteiger partial charge in [-0.1, -0.05) is 18.3 Å². The molecule has 0 atom stereocenters. The number of nitrogens with one attached hydrogen (secondary N) is 2. The Morgan fingerprint density at radius 2 is 2.00 bits per heavy atom. The number of thiazole rings is 1. The van der Waals surface area contributed by atoms with Crippen molar-refractivity contribution in [1.29, 1.82) is 0 Å². The lowest BCUT2D eigenvalue weighted by atomic mass is 10.4. The monoisotopic (exact) mass is 299 g/mol. The van der Waals surface area contributed by atoms with Gasteiger partial charge in [-0.15, -0.1) is 0 Å². The molecule has 1 amide bonds. The van der Waals surface area contributed by atoms with Gasteiger partial charge in [0.25, 0.3) is 5.91 Å². The Morgan fingerprint density at radius 3 is 2.60 bits per heavy atom. The number of nitrogens with zero attached hydrogens (tertiary/aromatic N) is 2. The zero-order valence-corrected chi connectivity index (χ0v) is 13.3. The van der Waals surface area contributed by atoms with E-state index in [2.05, 4.69) is 41.3 Å². The van der Waals surface area contributed by atoms with Crippen LogP contribution in [0.1, 0.15) is 36.9 Å². The normalized spacial score (nSPS) is 10.6. The van der Waals surface area contributed by atoms with Crippen molar-refractivity contribution in [3.8, 4) is 0 Å². The summed E-state index contributed by atoms with van der Waals surface area (Å²) in [6.45, 7) is 10.4. The first-order valence-corrected chi connectivity index (χ1v) is 7.95. The quantitative estimate of drug-likeness (QED) is 0.599. The number of amides is 1. The first-order valence-electron chi connectivity index (χ1n) is 7.14. The molecule has 4 N–H and O–H groups in total. The van der Waals surface area contributed by atoms with Crippen molar-refractivity contribution in [2.45, 2.75) is 27.2 Å². The van der Waals surface area contributed by atoms with Crippen LogP contribution in [0.4, 0.5) is 10.9 Å². The third-order valence-corrected chi connectivity index (χ3v) is 4.08. The molecule has 0 radical (unpaired) electrons. The van der Waals surface area contributed by atoms with Crippen LogP contribution >= 0.6 is 11.3 Å². The van der Waals surface area contributed by atoms with Crippen molar-refractivity contribution >= 4 is 28.2 Å². The number of hydrogen-bond donors (Lipinski definition) is 3. The second-order valence-corrected chi connectivity index (χ2v) is 5.32. The molecule has 1 aromatic rings. The van der Waals surface area contributed by atoms with Gasteiger partial charge >= 0.3 is 0 Å². The molecule has 0 fully saturated rings. The smallest absolute Gasteiger partial charge is 0.265 e. The van der Waals surface area contributed by atoms with Crippen molar-refractivity contribution in [3.05, 3.63) is 4.88 Å². The predicted octanol–water partition coefficient (Wildman–Crippen LogP) is 1.30. The molecule has 1 heterocycles. The lowest BCUT2D eigenvalue weighted by Gasteiger charge is -2.16. The average molecular weight is 299 g/mol. The van der Waals surface area contributed by atoms with E-state index in [0.717, 1.165) is 37.7 Å². The fourth-order valence-corrected chi connectivity index (χ4v) is 2.81. The van der Waals surface area contributed by atoms with Gasteiger partial charge < -0.3 is 21.3 Å². The van der Waals surface area contributed by atoms with Gasteiger partial charge in [0.05, 0.1) is 0 Å². The van der Waals surface area contributed by atoms with E-state index in [1.54, 1.807) is 0 Å². The average Bonchev–Trinajstić information content (AvgIpc) is 2.82. The van der Waals surface area contributed by atoms with Gasteiger partial charge in [-0.3, -0.25) is 4.79 Å². The van der Waals surface area contributed by atoms with E-state index in [-0.39, 0.29) is 5.91 Å². The molecule has 0 spiro atoms. The molecule has 0 aliphatic carbocycles. The lowest BCUT2D eigenvalue weighted by Crippen LogP contribution is -2.27. The largest absolute Gasteiger partial charge is 0.382 e. The Balaban J connectivity index is 2.55. The highest BCUT2D eigenvalue weighted by Gasteiger charge is 2.17. The predicted molar refractivity (Wildman–Crippen MR) is 85.6 cm³/mol. The number of carbonyl (C=O) groups excluding carboxylic acids is 1. The molecular formula is C13H25N5OS. The summed E-state index contributed by atoms with van der Waals surface area (Å²) in [6.07, 6.45) is 0.904. The summed E-state index contributed by atoms with van der Waals surface area (Å²) in [5, 5.41) is 6.91. The number of hydrogen-bond acceptors (Lipinski definition) is 6. The molecule has 1 aromatic heterocycles. The first-order chi connectivity index (χ1) is 9.63. The fourth-order valence-electron chi connectivity index (χ4n) is 1.78. The highest BCUT2D eigenvalue weighted by molar-refractivity contribution is 7.18. The number of aromatic nitrogens is 1. The molecule has 20 heavy (non-hydrogen) atoms. The van der Waals surface area contributed by atoms with Crippen LogP contribution in [-0.4, -0.2) is 43.6 Å². The first kappa shape index (κ1) is 16.7. The van der Waals surface area contributed by atoms with Gasteiger partial charge in [-0.2, -0.15) is 0 Å². The molecule has 0 bridgehead atoms. The van der Waals surface area contributed by atoms with Gasteiger partial charge in [0.2, 0.25) is 0 Å². The molecule has 6 nitrogen and oxygen atoms in total. The van der Waals surface area contributed by atoms with E-state index in [1.807, 2.05) is 0 Å². The molecule has 0 aromatic carbocycles. The minimum Gasteiger partial charge on any atom is -0.382 e. The fraction of sp³-hybridized carbons (Fsp3) is 0.692. The van der Waals surface area contributed by atoms with E-state index < -0.39 is 0 Å². The third-order valence-electron chi connectivity index (χ3n) is 2.95. The molecule has 114 valence electrons. The summed E-state index contributed by atoms with van der Waals surface area (Å²) >= 11 is 1.36. The summed E-state index contributed by atoms with van der Waals surface area (Å²) in [7, 11) is 0. The second kappa shape index (κ2) is 8.76. The highest BCUT2D eigenvalue weighted by atomic mass is 32.1. The molecule has 0 saturated carbocycles. The van der Waals surface area contributed by atoms with Crippen molar-refractivity contribution in [2.75, 3.05) is 43.4 Å². The number of anilines is 2. The van der Waals surface area contributed by atoms with Crippen LogP contribution in [0.3, 0.4) is 0 Å². The molecule has 0 aliphatic rings. The summed E-state index contributed by atoms with van der Waals surface area (Å²) in [6, 6.07) is 0. The number of nitrogen functional groups attached to an aromatic ring is 1. The maximum absolute atomic E-state index is 12.1. The van der Waals surface area contributed by atoms with Gasteiger partial charge in [-0.05, 0) is 33.4 Å². The maximum atomic E-state index is 12.1. The number of nitrogens with two attached hydrogens (primary N) is 1. The van der Waals surface area contributed by atoms with E-state index >= 15 is 0 Å². The minimum absolute atomic E-state index is 0.130. The van der Waals surface area contributed by atoms with Crippen LogP contribution in [0.15, 0.2) is 0 Å². The summed E-state index contributed by atoms with van der Waals surface area (Å²) in [4.78, 5) is 18.9. The highest BCUT2D eigenvalue weighted by Crippen LogP contribution is 2.27. The zero-order valence-electron chi connectivity index (χ0n) is 12.5. The summed E-state index contributed by atoms with van der Waals surface area (Å²) < 4.78 is 0. The van der Waals surface area contributed by atoms with Crippen LogP contribution < -0.4 is 21.3 Å². The van der Waals surface area contributed by atoms with Crippen molar-refractivity contribution < 1.29 is 4.79 Å². The summed E-state index contributed by atoms with van der Waals surface area (Å²) in [5.41, 5.74) is 5.84. The van der Waals surface area contributed by atoms with E-state index in [1.165, 1.54) is 11.3 Å². The van der Waals surface area contributed by atoms with Crippen LogP contribution in [0.25, 0.3) is 0 Å². The summed E-state index contributed by atoms with van der Waals surface area (Å²) in [5.74, 6) is 0.191. The molecule has 0 unspecified atom stereocenters. The van der Waals surface area contributed by atoms with Crippen molar-refractivity contribution in [1.82, 2.24) is 15.6 Å². The van der Waals surface area contributed by atoms with Crippen molar-refractivity contribution in [3.63, 3.8) is 0 Å². The Morgan fingerprint density at radius 1 is 1.30 bits per heavy atom. The van der Waals surface area contributed by atoms with Gasteiger partial charge in [0.15, 0.2) is 5.13 Å². The molecular weight excluding hydrogens is 274 g/mol. The van der Waals surface area contributed by atoms with Crippen LogP contribution in [0, 0.1) is 0 Å². The van der Waals surface area contributed by atoms with E-state index in [9.17, 15) is 4.79 Å². The minimum atomic E-state index is -0.130. The van der Waals surface area contributed by atoms with Gasteiger partial charge in [0.1, 0.15) is 10.7 Å². The van der Waals surface area contributed by atoms with Crippen LogP contribution in [-0.2, 0) is 0 Å². The van der Waals surface area contributed by atoms with Crippen LogP contribution in [0.2, 0.25) is 0 Å². The second-order valence-electron chi connectivity index (χ2n) is 4.35. The SMILES string of the molecule is CCNCCCNC(=O)c1sc(N(CC)CC)nc1N. The number of rotatable bonds is 9. The van der Waals surface area contributed by atoms with Crippen LogP contribution in [0.5, 0.6) is 0 Å². The molecule has 7 heteroatoms. The van der Waals surface area contributed by atoms with Gasteiger partial charge in [0, 0.05) is 19.6 Å². The van der Waals surface area contributed by atoms with Gasteiger partial charge in [-0.25, -0.2) is 4.98 Å². The number of carbonyl (C=O) groups is 1. The van der Waals surface area contributed by atoms with E-state index in [0.29, 0.717) is 17.2 Å². The topological polar surface area (TPSA) is 83.3 Å². The molecule has 0 saturated heterocycles. The molecule has 0 aliphatic heterocycles. The third kappa shape index (κ3) is 4.64. The van der Waals surface area contributed by atoms with Crippen molar-refractivity contribution in [2.24, 2.45) is 0 Å². The Bertz CT molecular complexity index is 417.